The summed E-state index contributed by atoms with van der Waals surface area (Å²) in [5.74, 6) is -0.612. The van der Waals surface area contributed by atoms with Crippen LogP contribution in [0.15, 0.2) is 24.0 Å². The van der Waals surface area contributed by atoms with Crippen molar-refractivity contribution in [2.75, 3.05) is 24.6 Å². The third kappa shape index (κ3) is 4.38. The van der Waals surface area contributed by atoms with Crippen LogP contribution < -0.4 is 16.4 Å². The van der Waals surface area contributed by atoms with E-state index in [4.69, 9.17) is 11.1 Å². The van der Waals surface area contributed by atoms with Gasteiger partial charge in [0.05, 0.1) is 17.9 Å². The Morgan fingerprint density at radius 1 is 1.42 bits per heavy atom. The van der Waals surface area contributed by atoms with Crippen molar-refractivity contribution < 1.29 is 9.59 Å². The molecule has 0 radical (unpaired) electrons. The van der Waals surface area contributed by atoms with Gasteiger partial charge in [-0.15, -0.1) is 0 Å². The largest absolute Gasteiger partial charge is 0.390 e. The SMILES string of the molecule is CN/C(=C\C=N)[C@@H]1CC[C@@H](C)CN1C(=O)C(=O)Nc1cnc(N)c(C)c1. The first kappa shape index (κ1) is 19.4. The number of carbonyl (C=O) groups is 2. The van der Waals surface area contributed by atoms with Crippen molar-refractivity contribution >= 4 is 29.5 Å². The number of likely N-dealkylation sites (tertiary alicyclic amines) is 1. The van der Waals surface area contributed by atoms with Crippen molar-refractivity contribution in [2.45, 2.75) is 32.7 Å². The second-order valence-electron chi connectivity index (χ2n) is 6.57. The number of likely N-dealkylation sites (N-methyl/N-ethyl adjacent to an activating group) is 1. The highest BCUT2D eigenvalue weighted by Gasteiger charge is 2.35. The number of carbonyl (C=O) groups excluding carboxylic acids is 2. The molecule has 0 aliphatic carbocycles. The molecule has 8 heteroatoms. The summed E-state index contributed by atoms with van der Waals surface area (Å²) in [5.41, 5.74) is 7.58. The van der Waals surface area contributed by atoms with Gasteiger partial charge in [0.1, 0.15) is 5.82 Å². The Balaban J connectivity index is 2.19. The van der Waals surface area contributed by atoms with Gasteiger partial charge in [-0.05, 0) is 43.4 Å². The molecule has 0 bridgehead atoms. The first-order chi connectivity index (χ1) is 12.4. The molecule has 1 aromatic rings. The van der Waals surface area contributed by atoms with Crippen LogP contribution >= 0.6 is 0 Å². The second-order valence-corrected chi connectivity index (χ2v) is 6.57. The predicted molar refractivity (Wildman–Crippen MR) is 102 cm³/mol. The Morgan fingerprint density at radius 3 is 2.77 bits per heavy atom. The molecule has 26 heavy (non-hydrogen) atoms. The molecular formula is C18H26N6O2. The van der Waals surface area contributed by atoms with E-state index in [2.05, 4.69) is 22.5 Å². The maximum atomic E-state index is 12.8. The average molecular weight is 358 g/mol. The summed E-state index contributed by atoms with van der Waals surface area (Å²) in [5, 5.41) is 12.9. The summed E-state index contributed by atoms with van der Waals surface area (Å²) in [6.07, 6.45) is 5.91. The molecule has 1 aliphatic rings. The fraction of sp³-hybridized carbons (Fsp3) is 0.444. The minimum atomic E-state index is -0.708. The van der Waals surface area contributed by atoms with Gasteiger partial charge in [-0.2, -0.15) is 0 Å². The number of aryl methyl sites for hydroxylation is 1. The van der Waals surface area contributed by atoms with Crippen LogP contribution in [0.4, 0.5) is 11.5 Å². The van der Waals surface area contributed by atoms with Crippen LogP contribution in [0, 0.1) is 18.3 Å². The summed E-state index contributed by atoms with van der Waals surface area (Å²) < 4.78 is 0. The summed E-state index contributed by atoms with van der Waals surface area (Å²) in [7, 11) is 1.75. The van der Waals surface area contributed by atoms with Crippen LogP contribution in [0.1, 0.15) is 25.3 Å². The van der Waals surface area contributed by atoms with Crippen LogP contribution in [-0.2, 0) is 9.59 Å². The monoisotopic (exact) mass is 358 g/mol. The van der Waals surface area contributed by atoms with Crippen molar-refractivity contribution in [2.24, 2.45) is 5.92 Å². The number of aromatic nitrogens is 1. The van der Waals surface area contributed by atoms with Crippen molar-refractivity contribution in [3.05, 3.63) is 29.6 Å². The maximum absolute atomic E-state index is 12.8. The van der Waals surface area contributed by atoms with Crippen LogP contribution in [0.2, 0.25) is 0 Å². The molecule has 1 saturated heterocycles. The molecule has 1 aliphatic heterocycles. The third-order valence-electron chi connectivity index (χ3n) is 4.56. The number of nitrogens with one attached hydrogen (secondary N) is 3. The second kappa shape index (κ2) is 8.46. The highest BCUT2D eigenvalue weighted by Crippen LogP contribution is 2.26. The maximum Gasteiger partial charge on any atom is 0.313 e. The summed E-state index contributed by atoms with van der Waals surface area (Å²) >= 11 is 0. The number of amides is 2. The zero-order valence-electron chi connectivity index (χ0n) is 15.4. The quantitative estimate of drug-likeness (QED) is 0.477. The van der Waals surface area contributed by atoms with Gasteiger partial charge < -0.3 is 26.7 Å². The first-order valence-electron chi connectivity index (χ1n) is 8.59. The molecule has 1 fully saturated rings. The first-order valence-corrected chi connectivity index (χ1v) is 8.59. The average Bonchev–Trinajstić information content (AvgIpc) is 2.62. The molecular weight excluding hydrogens is 332 g/mol. The molecule has 0 aromatic carbocycles. The summed E-state index contributed by atoms with van der Waals surface area (Å²) in [4.78, 5) is 30.8. The van der Waals surface area contributed by atoms with Gasteiger partial charge in [-0.25, -0.2) is 4.98 Å². The molecule has 2 heterocycles. The van der Waals surface area contributed by atoms with Gasteiger partial charge in [-0.3, -0.25) is 9.59 Å². The smallest absolute Gasteiger partial charge is 0.313 e. The van der Waals surface area contributed by atoms with E-state index in [0.717, 1.165) is 24.1 Å². The molecule has 2 atom stereocenters. The molecule has 2 amide bonds. The minimum Gasteiger partial charge on any atom is -0.390 e. The van der Waals surface area contributed by atoms with Gasteiger partial charge in [0.15, 0.2) is 0 Å². The lowest BCUT2D eigenvalue weighted by Crippen LogP contribution is -2.52. The van der Waals surface area contributed by atoms with Gasteiger partial charge >= 0.3 is 11.8 Å². The highest BCUT2D eigenvalue weighted by molar-refractivity contribution is 6.39. The van der Waals surface area contributed by atoms with E-state index in [1.165, 1.54) is 12.4 Å². The van der Waals surface area contributed by atoms with Crippen LogP contribution in [0.5, 0.6) is 0 Å². The van der Waals surface area contributed by atoms with E-state index in [-0.39, 0.29) is 6.04 Å². The van der Waals surface area contributed by atoms with Crippen LogP contribution in [0.3, 0.4) is 0 Å². The Kier molecular flexibility index (Phi) is 6.32. The normalized spacial score (nSPS) is 20.4. The number of nitrogens with zero attached hydrogens (tertiary/aromatic N) is 2. The molecule has 0 unspecified atom stereocenters. The lowest BCUT2D eigenvalue weighted by Gasteiger charge is -2.39. The van der Waals surface area contributed by atoms with E-state index in [0.29, 0.717) is 24.0 Å². The summed E-state index contributed by atoms with van der Waals surface area (Å²) in [6, 6.07) is 1.43. The topological polar surface area (TPSA) is 124 Å². The number of pyridine rings is 1. The minimum absolute atomic E-state index is 0.248. The molecule has 140 valence electrons. The number of hydrogen-bond donors (Lipinski definition) is 4. The third-order valence-corrected chi connectivity index (χ3v) is 4.56. The Hall–Kier alpha value is -2.90. The molecule has 1 aromatic heterocycles. The van der Waals surface area contributed by atoms with E-state index in [9.17, 15) is 9.59 Å². The number of anilines is 2. The van der Waals surface area contributed by atoms with Crippen LogP contribution in [-0.4, -0.2) is 47.5 Å². The van der Waals surface area contributed by atoms with Crippen LogP contribution in [0.25, 0.3) is 0 Å². The van der Waals surface area contributed by atoms with Gasteiger partial charge in [0.25, 0.3) is 0 Å². The van der Waals surface area contributed by atoms with Crippen molar-refractivity contribution in [1.29, 1.82) is 5.41 Å². The highest BCUT2D eigenvalue weighted by atomic mass is 16.2. The fourth-order valence-corrected chi connectivity index (χ4v) is 3.12. The standard InChI is InChI=1S/C18H26N6O2/c1-11-4-5-15(14(21-3)6-7-19)24(10-11)18(26)17(25)23-13-8-12(2)16(20)22-9-13/h6-9,11,15,19,21H,4-5,10H2,1-3H3,(H2,20,22)(H,23,25)/b14-6-,19-7?/t11-,15+/m1/s1. The molecule has 8 nitrogen and oxygen atoms in total. The van der Waals surface area contributed by atoms with E-state index in [1.54, 1.807) is 31.0 Å². The van der Waals surface area contributed by atoms with Crippen molar-refractivity contribution in [1.82, 2.24) is 15.2 Å². The van der Waals surface area contributed by atoms with E-state index in [1.807, 2.05) is 0 Å². The van der Waals surface area contributed by atoms with Gasteiger partial charge in [-0.1, -0.05) is 6.92 Å². The number of nitrogen functional groups attached to an aromatic ring is 1. The van der Waals surface area contributed by atoms with E-state index < -0.39 is 11.8 Å². The Labute approximate surface area is 153 Å². The van der Waals surface area contributed by atoms with Crippen molar-refractivity contribution in [3.8, 4) is 0 Å². The Morgan fingerprint density at radius 2 is 2.15 bits per heavy atom. The lowest BCUT2D eigenvalue weighted by atomic mass is 9.92. The van der Waals surface area contributed by atoms with Gasteiger partial charge in [0.2, 0.25) is 0 Å². The molecule has 5 N–H and O–H groups in total. The van der Waals surface area contributed by atoms with Gasteiger partial charge in [0, 0.05) is 25.5 Å². The number of nitrogens with two attached hydrogens (primary N) is 1. The number of allylic oxidation sites excluding steroid dienone is 1. The summed E-state index contributed by atoms with van der Waals surface area (Å²) in [6.45, 7) is 4.33. The Bertz CT molecular complexity index is 730. The number of piperidine rings is 1. The number of rotatable bonds is 4. The zero-order chi connectivity index (χ0) is 19.3. The van der Waals surface area contributed by atoms with E-state index >= 15 is 0 Å². The number of hydrogen-bond acceptors (Lipinski definition) is 6. The fourth-order valence-electron chi connectivity index (χ4n) is 3.12. The predicted octanol–water partition coefficient (Wildman–Crippen LogP) is 1.29. The molecule has 2 rings (SSSR count). The molecule has 0 spiro atoms. The van der Waals surface area contributed by atoms with Crippen molar-refractivity contribution in [3.63, 3.8) is 0 Å². The zero-order valence-corrected chi connectivity index (χ0v) is 15.4. The molecule has 0 saturated carbocycles. The lowest BCUT2D eigenvalue weighted by molar-refractivity contribution is -0.145.